The lowest BCUT2D eigenvalue weighted by Gasteiger charge is -2.32. The number of para-hydroxylation sites is 2. The molecule has 0 atom stereocenters. The number of allylic oxidation sites excluding steroid dienone is 2. The minimum Gasteiger partial charge on any atom is -0.317 e. The van der Waals surface area contributed by atoms with Gasteiger partial charge in [-0.1, -0.05) is 116 Å². The summed E-state index contributed by atoms with van der Waals surface area (Å²) < 4.78 is 0. The third-order valence-corrected chi connectivity index (χ3v) is 8.12. The number of fused-ring (bicyclic) bond motifs is 1. The molecule has 3 aromatic carbocycles. The van der Waals surface area contributed by atoms with Crippen LogP contribution in [0.2, 0.25) is 0 Å². The van der Waals surface area contributed by atoms with Crippen LogP contribution in [-0.2, 0) is 0 Å². The second kappa shape index (κ2) is 10.1. The van der Waals surface area contributed by atoms with Crippen molar-refractivity contribution in [2.45, 2.75) is 79.1 Å². The van der Waals surface area contributed by atoms with Crippen molar-refractivity contribution < 1.29 is 9.59 Å². The maximum Gasteiger partial charge on any atom is 0.212 e. The highest BCUT2D eigenvalue weighted by Crippen LogP contribution is 2.47. The number of rotatable bonds is 6. The summed E-state index contributed by atoms with van der Waals surface area (Å²) in [6.45, 7) is 18.0. The second-order valence-electron chi connectivity index (χ2n) is 12.1. The lowest BCUT2D eigenvalue weighted by Crippen LogP contribution is -2.32. The van der Waals surface area contributed by atoms with Crippen molar-refractivity contribution in [2.24, 2.45) is 0 Å². The van der Waals surface area contributed by atoms with Crippen molar-refractivity contribution in [1.82, 2.24) is 0 Å². The summed E-state index contributed by atoms with van der Waals surface area (Å²) in [5.74, 6) is 0.869. The molecule has 0 unspecified atom stereocenters. The van der Waals surface area contributed by atoms with Gasteiger partial charge in [0.05, 0.1) is 0 Å². The van der Waals surface area contributed by atoms with E-state index in [9.17, 15) is 9.59 Å². The highest BCUT2D eigenvalue weighted by molar-refractivity contribution is 6.30. The Morgan fingerprint density at radius 1 is 0.487 bits per heavy atom. The van der Waals surface area contributed by atoms with Gasteiger partial charge in [-0.2, -0.15) is 0 Å². The first-order chi connectivity index (χ1) is 18.5. The van der Waals surface area contributed by atoms with Crippen LogP contribution in [0.4, 0.5) is 11.4 Å². The SMILES string of the molecule is CC(C)c1cccc(C(C)C)c1N1CN(c2c(C(C)C)cccc2C(C)C)C2=C1C(=O)c1ccccc1C2=O. The lowest BCUT2D eigenvalue weighted by molar-refractivity contribution is 0.0975. The average molecular weight is 521 g/mol. The molecule has 0 radical (unpaired) electrons. The Labute approximate surface area is 233 Å². The number of hydrogen-bond donors (Lipinski definition) is 0. The van der Waals surface area contributed by atoms with E-state index in [0.29, 0.717) is 29.2 Å². The van der Waals surface area contributed by atoms with Gasteiger partial charge in [0.25, 0.3) is 0 Å². The van der Waals surface area contributed by atoms with Crippen LogP contribution in [-0.4, -0.2) is 18.2 Å². The fourth-order valence-corrected chi connectivity index (χ4v) is 6.14. The number of nitrogens with zero attached hydrogens (tertiary/aromatic N) is 2. The fraction of sp³-hybridized carbons (Fsp3) is 0.371. The minimum absolute atomic E-state index is 0.0795. The highest BCUT2D eigenvalue weighted by Gasteiger charge is 2.46. The largest absolute Gasteiger partial charge is 0.317 e. The first-order valence-corrected chi connectivity index (χ1v) is 14.3. The van der Waals surface area contributed by atoms with Crippen molar-refractivity contribution in [2.75, 3.05) is 16.5 Å². The van der Waals surface area contributed by atoms with Crippen LogP contribution >= 0.6 is 0 Å². The van der Waals surface area contributed by atoms with Gasteiger partial charge >= 0.3 is 0 Å². The molecule has 0 N–H and O–H groups in total. The molecule has 0 aromatic heterocycles. The summed E-state index contributed by atoms with van der Waals surface area (Å²) in [5.41, 5.74) is 8.86. The van der Waals surface area contributed by atoms with Crippen molar-refractivity contribution >= 4 is 22.9 Å². The van der Waals surface area contributed by atoms with E-state index < -0.39 is 0 Å². The van der Waals surface area contributed by atoms with Crippen LogP contribution in [0.3, 0.4) is 0 Å². The standard InChI is InChI=1S/C35H40N2O2/c1-20(2)24-15-11-16-25(21(3)4)30(24)36-19-37(31-26(22(5)6)17-12-18-27(31)23(7)8)33-32(36)34(38)28-13-9-10-14-29(28)35(33)39/h9-18,20-23H,19H2,1-8H3. The third kappa shape index (κ3) is 4.30. The zero-order valence-corrected chi connectivity index (χ0v) is 24.5. The van der Waals surface area contributed by atoms with E-state index in [0.717, 1.165) is 11.4 Å². The summed E-state index contributed by atoms with van der Waals surface area (Å²) >= 11 is 0. The number of Topliss-reactive ketones (excluding diaryl/α,β-unsaturated/α-hetero) is 2. The molecule has 202 valence electrons. The van der Waals surface area contributed by atoms with Gasteiger partial charge in [-0.25, -0.2) is 0 Å². The molecule has 0 fully saturated rings. The molecule has 2 aliphatic rings. The molecule has 0 saturated heterocycles. The number of ketones is 2. The smallest absolute Gasteiger partial charge is 0.212 e. The Morgan fingerprint density at radius 3 is 1.08 bits per heavy atom. The van der Waals surface area contributed by atoms with E-state index in [1.807, 2.05) is 12.1 Å². The number of benzene rings is 3. The Hall–Kier alpha value is -3.66. The molecule has 4 nitrogen and oxygen atoms in total. The van der Waals surface area contributed by atoms with Crippen LogP contribution < -0.4 is 9.80 Å². The number of carbonyl (C=O) groups is 2. The molecular formula is C35H40N2O2. The Morgan fingerprint density at radius 2 is 0.795 bits per heavy atom. The maximum absolute atomic E-state index is 14.3. The van der Waals surface area contributed by atoms with Crippen molar-refractivity contribution in [1.29, 1.82) is 0 Å². The van der Waals surface area contributed by atoms with E-state index in [2.05, 4.69) is 102 Å². The van der Waals surface area contributed by atoms with E-state index in [4.69, 9.17) is 0 Å². The molecule has 3 aromatic rings. The van der Waals surface area contributed by atoms with Gasteiger partial charge in [0.2, 0.25) is 11.6 Å². The summed E-state index contributed by atoms with van der Waals surface area (Å²) in [7, 11) is 0. The van der Waals surface area contributed by atoms with E-state index >= 15 is 0 Å². The molecule has 4 heteroatoms. The first kappa shape index (κ1) is 26.9. The van der Waals surface area contributed by atoms with E-state index in [1.165, 1.54) is 22.3 Å². The quantitative estimate of drug-likeness (QED) is 0.326. The van der Waals surface area contributed by atoms with Crippen LogP contribution in [0, 0.1) is 0 Å². The van der Waals surface area contributed by atoms with Gasteiger partial charge in [0, 0.05) is 22.5 Å². The first-order valence-electron chi connectivity index (χ1n) is 14.3. The molecule has 5 rings (SSSR count). The Bertz CT molecular complexity index is 1330. The van der Waals surface area contributed by atoms with Crippen molar-refractivity contribution in [3.05, 3.63) is 105 Å². The van der Waals surface area contributed by atoms with Crippen LogP contribution in [0.15, 0.2) is 72.1 Å². The van der Waals surface area contributed by atoms with Crippen molar-refractivity contribution in [3.8, 4) is 0 Å². The third-order valence-electron chi connectivity index (χ3n) is 8.12. The molecule has 0 spiro atoms. The average Bonchev–Trinajstić information content (AvgIpc) is 3.31. The predicted octanol–water partition coefficient (Wildman–Crippen LogP) is 8.76. The molecule has 0 amide bonds. The predicted molar refractivity (Wildman–Crippen MR) is 161 cm³/mol. The van der Waals surface area contributed by atoms with Gasteiger partial charge in [-0.15, -0.1) is 0 Å². The van der Waals surface area contributed by atoms with Gasteiger partial charge in [-0.05, 0) is 45.9 Å². The molecule has 1 heterocycles. The van der Waals surface area contributed by atoms with E-state index in [-0.39, 0.29) is 35.2 Å². The number of carbonyl (C=O) groups excluding carboxylic acids is 2. The maximum atomic E-state index is 14.3. The molecule has 1 aliphatic carbocycles. The molecular weight excluding hydrogens is 480 g/mol. The van der Waals surface area contributed by atoms with Gasteiger partial charge in [0.15, 0.2) is 0 Å². The summed E-state index contributed by atoms with van der Waals surface area (Å²) in [4.78, 5) is 33.0. The topological polar surface area (TPSA) is 40.6 Å². The minimum atomic E-state index is -0.0795. The number of anilines is 2. The van der Waals surface area contributed by atoms with E-state index in [1.54, 1.807) is 12.1 Å². The molecule has 0 bridgehead atoms. The molecule has 39 heavy (non-hydrogen) atoms. The lowest BCUT2D eigenvalue weighted by atomic mass is 9.87. The monoisotopic (exact) mass is 520 g/mol. The summed E-state index contributed by atoms with van der Waals surface area (Å²) in [6.07, 6.45) is 0. The zero-order chi connectivity index (χ0) is 28.2. The van der Waals surface area contributed by atoms with Gasteiger partial charge in [0.1, 0.15) is 18.1 Å². The normalized spacial score (nSPS) is 15.4. The van der Waals surface area contributed by atoms with Crippen LogP contribution in [0.5, 0.6) is 0 Å². The van der Waals surface area contributed by atoms with Crippen LogP contribution in [0.1, 0.15) is 122 Å². The molecule has 0 saturated carbocycles. The Balaban J connectivity index is 1.85. The summed E-state index contributed by atoms with van der Waals surface area (Å²) in [5, 5.41) is 0. The molecule has 1 aliphatic heterocycles. The Kier molecular flexibility index (Phi) is 7.00. The highest BCUT2D eigenvalue weighted by atomic mass is 16.1. The van der Waals surface area contributed by atoms with Crippen LogP contribution in [0.25, 0.3) is 0 Å². The number of hydrogen-bond acceptors (Lipinski definition) is 4. The summed E-state index contributed by atoms with van der Waals surface area (Å²) in [6, 6.07) is 20.2. The zero-order valence-electron chi connectivity index (χ0n) is 24.5. The second-order valence-corrected chi connectivity index (χ2v) is 12.1. The fourth-order valence-electron chi connectivity index (χ4n) is 6.14. The van der Waals surface area contributed by atoms with Gasteiger partial charge < -0.3 is 9.80 Å². The van der Waals surface area contributed by atoms with Crippen molar-refractivity contribution in [3.63, 3.8) is 0 Å². The van der Waals surface area contributed by atoms with Gasteiger partial charge in [-0.3, -0.25) is 9.59 Å².